The highest BCUT2D eigenvalue weighted by Crippen LogP contribution is 2.13. The summed E-state index contributed by atoms with van der Waals surface area (Å²) in [5.74, 6) is 0. The van der Waals surface area contributed by atoms with Gasteiger partial charge in [0.05, 0.1) is 6.04 Å². The summed E-state index contributed by atoms with van der Waals surface area (Å²) in [6.45, 7) is 12.3. The van der Waals surface area contributed by atoms with Crippen molar-refractivity contribution in [2.75, 3.05) is 39.3 Å². The maximum atomic E-state index is 11.4. The van der Waals surface area contributed by atoms with Gasteiger partial charge in [0, 0.05) is 44.8 Å². The molecular formula is C12H24N4O. The lowest BCUT2D eigenvalue weighted by molar-refractivity contribution is 0.120. The number of rotatable bonds is 3. The summed E-state index contributed by atoms with van der Waals surface area (Å²) in [6.07, 6.45) is 0. The highest BCUT2D eigenvalue weighted by molar-refractivity contribution is 5.77. The topological polar surface area (TPSA) is 47.6 Å². The summed E-state index contributed by atoms with van der Waals surface area (Å²) in [5, 5.41) is 6.41. The number of amides is 2. The zero-order valence-electron chi connectivity index (χ0n) is 11.1. The smallest absolute Gasteiger partial charge is 0.317 e. The number of fused-ring (bicyclic) bond motifs is 1. The van der Waals surface area contributed by atoms with Gasteiger partial charge in [-0.2, -0.15) is 0 Å². The van der Waals surface area contributed by atoms with E-state index in [1.54, 1.807) is 0 Å². The lowest BCUT2D eigenvalue weighted by Crippen LogP contribution is -2.53. The Morgan fingerprint density at radius 2 is 2.18 bits per heavy atom. The van der Waals surface area contributed by atoms with Gasteiger partial charge in [0.1, 0.15) is 0 Å². The van der Waals surface area contributed by atoms with E-state index >= 15 is 0 Å². The number of hydrogen-bond acceptors (Lipinski definition) is 3. The third-order valence-electron chi connectivity index (χ3n) is 3.40. The predicted octanol–water partition coefficient (Wildman–Crippen LogP) is 0.0839. The molecule has 2 aliphatic rings. The summed E-state index contributed by atoms with van der Waals surface area (Å²) in [4.78, 5) is 15.9. The van der Waals surface area contributed by atoms with E-state index in [2.05, 4.69) is 36.3 Å². The van der Waals surface area contributed by atoms with Gasteiger partial charge < -0.3 is 15.5 Å². The molecule has 2 fully saturated rings. The fraction of sp³-hybridized carbons (Fsp3) is 0.917. The van der Waals surface area contributed by atoms with Crippen LogP contribution in [0, 0.1) is 0 Å². The number of nitrogens with zero attached hydrogens (tertiary/aromatic N) is 2. The minimum Gasteiger partial charge on any atom is -0.336 e. The summed E-state index contributed by atoms with van der Waals surface area (Å²) >= 11 is 0. The van der Waals surface area contributed by atoms with Gasteiger partial charge in [0.25, 0.3) is 0 Å². The Morgan fingerprint density at radius 3 is 2.88 bits per heavy atom. The summed E-state index contributed by atoms with van der Waals surface area (Å²) in [6, 6.07) is 0.494. The Morgan fingerprint density at radius 1 is 1.41 bits per heavy atom. The molecule has 0 spiro atoms. The number of hydrogen-bond donors (Lipinski definition) is 2. The van der Waals surface area contributed by atoms with Crippen LogP contribution in [0.4, 0.5) is 4.79 Å². The maximum Gasteiger partial charge on any atom is 0.317 e. The molecule has 5 nitrogen and oxygen atoms in total. The Kier molecular flexibility index (Phi) is 3.58. The molecule has 2 heterocycles. The quantitative estimate of drug-likeness (QED) is 0.735. The average Bonchev–Trinajstić information content (AvgIpc) is 2.58. The third kappa shape index (κ3) is 3.33. The first-order valence-corrected chi connectivity index (χ1v) is 6.47. The normalized spacial score (nSPS) is 25.9. The van der Waals surface area contributed by atoms with Crippen LogP contribution in [-0.4, -0.2) is 66.7 Å². The van der Waals surface area contributed by atoms with Crippen LogP contribution in [0.1, 0.15) is 20.8 Å². The van der Waals surface area contributed by atoms with Crippen LogP contribution in [0.5, 0.6) is 0 Å². The second kappa shape index (κ2) is 4.82. The molecule has 0 radical (unpaired) electrons. The second-order valence-electron chi connectivity index (χ2n) is 6.01. The fourth-order valence-electron chi connectivity index (χ4n) is 2.46. The van der Waals surface area contributed by atoms with Gasteiger partial charge in [-0.3, -0.25) is 4.90 Å². The van der Waals surface area contributed by atoms with Crippen molar-refractivity contribution in [3.63, 3.8) is 0 Å². The van der Waals surface area contributed by atoms with Crippen LogP contribution in [0.25, 0.3) is 0 Å². The van der Waals surface area contributed by atoms with Crippen LogP contribution < -0.4 is 10.6 Å². The largest absolute Gasteiger partial charge is 0.336 e. The van der Waals surface area contributed by atoms with Gasteiger partial charge in [0.2, 0.25) is 0 Å². The van der Waals surface area contributed by atoms with E-state index in [4.69, 9.17) is 0 Å². The molecule has 2 saturated heterocycles. The number of piperazine rings is 1. The first-order chi connectivity index (χ1) is 7.96. The Hall–Kier alpha value is -0.810. The second-order valence-corrected chi connectivity index (χ2v) is 6.01. The van der Waals surface area contributed by atoms with Gasteiger partial charge in [-0.1, -0.05) is 0 Å². The SMILES string of the molecule is CC(C)(C)NCCN1CCN2C(=O)NCC2C1. The van der Waals surface area contributed by atoms with Gasteiger partial charge >= 0.3 is 6.03 Å². The lowest BCUT2D eigenvalue weighted by Gasteiger charge is -2.36. The summed E-state index contributed by atoms with van der Waals surface area (Å²) in [5.41, 5.74) is 0.187. The predicted molar refractivity (Wildman–Crippen MR) is 68.1 cm³/mol. The van der Waals surface area contributed by atoms with E-state index in [1.165, 1.54) is 0 Å². The van der Waals surface area contributed by atoms with E-state index in [0.29, 0.717) is 6.04 Å². The molecule has 0 bridgehead atoms. The number of urea groups is 1. The molecule has 2 N–H and O–H groups in total. The van der Waals surface area contributed by atoms with Gasteiger partial charge in [0.15, 0.2) is 0 Å². The highest BCUT2D eigenvalue weighted by Gasteiger charge is 2.35. The molecule has 5 heteroatoms. The van der Waals surface area contributed by atoms with Gasteiger partial charge in [-0.05, 0) is 20.8 Å². The molecule has 98 valence electrons. The van der Waals surface area contributed by atoms with E-state index < -0.39 is 0 Å². The molecule has 0 saturated carbocycles. The zero-order chi connectivity index (χ0) is 12.5. The molecule has 17 heavy (non-hydrogen) atoms. The standard InChI is InChI=1S/C12H24N4O/c1-12(2,3)14-4-5-15-6-7-16-10(9-15)8-13-11(16)17/h10,14H,4-9H2,1-3H3,(H,13,17). The van der Waals surface area contributed by atoms with Gasteiger partial charge in [-0.15, -0.1) is 0 Å². The number of carbonyl (C=O) groups excluding carboxylic acids is 1. The monoisotopic (exact) mass is 240 g/mol. The van der Waals surface area contributed by atoms with Crippen LogP contribution >= 0.6 is 0 Å². The maximum absolute atomic E-state index is 11.4. The lowest BCUT2D eigenvalue weighted by atomic mass is 10.1. The Balaban J connectivity index is 1.72. The van der Waals surface area contributed by atoms with E-state index in [0.717, 1.165) is 39.3 Å². The van der Waals surface area contributed by atoms with Crippen molar-refractivity contribution in [3.8, 4) is 0 Å². The molecule has 0 aliphatic carbocycles. The molecule has 0 aromatic rings. The van der Waals surface area contributed by atoms with Crippen molar-refractivity contribution >= 4 is 6.03 Å². The molecule has 0 aromatic carbocycles. The molecule has 2 aliphatic heterocycles. The van der Waals surface area contributed by atoms with Crippen molar-refractivity contribution in [1.29, 1.82) is 0 Å². The first kappa shape index (κ1) is 12.6. The summed E-state index contributed by atoms with van der Waals surface area (Å²) < 4.78 is 0. The molecular weight excluding hydrogens is 216 g/mol. The van der Waals surface area contributed by atoms with Crippen molar-refractivity contribution in [2.45, 2.75) is 32.4 Å². The van der Waals surface area contributed by atoms with Crippen molar-refractivity contribution in [2.24, 2.45) is 0 Å². The summed E-state index contributed by atoms with van der Waals surface area (Å²) in [7, 11) is 0. The Labute approximate surface area is 104 Å². The minimum atomic E-state index is 0.113. The molecule has 1 atom stereocenters. The highest BCUT2D eigenvalue weighted by atomic mass is 16.2. The van der Waals surface area contributed by atoms with Crippen LogP contribution in [-0.2, 0) is 0 Å². The molecule has 0 aromatic heterocycles. The minimum absolute atomic E-state index is 0.113. The van der Waals surface area contributed by atoms with Crippen molar-refractivity contribution in [1.82, 2.24) is 20.4 Å². The number of nitrogens with one attached hydrogen (secondary N) is 2. The molecule has 2 amide bonds. The fourth-order valence-corrected chi connectivity index (χ4v) is 2.46. The third-order valence-corrected chi connectivity index (χ3v) is 3.40. The van der Waals surface area contributed by atoms with E-state index in [9.17, 15) is 4.79 Å². The zero-order valence-corrected chi connectivity index (χ0v) is 11.1. The Bertz CT molecular complexity index is 287. The van der Waals surface area contributed by atoms with E-state index in [-0.39, 0.29) is 11.6 Å². The first-order valence-electron chi connectivity index (χ1n) is 6.47. The van der Waals surface area contributed by atoms with Gasteiger partial charge in [-0.25, -0.2) is 4.79 Å². The van der Waals surface area contributed by atoms with Crippen LogP contribution in [0.2, 0.25) is 0 Å². The van der Waals surface area contributed by atoms with Crippen LogP contribution in [0.3, 0.4) is 0 Å². The van der Waals surface area contributed by atoms with Crippen LogP contribution in [0.15, 0.2) is 0 Å². The van der Waals surface area contributed by atoms with Crippen molar-refractivity contribution in [3.05, 3.63) is 0 Å². The number of carbonyl (C=O) groups is 1. The van der Waals surface area contributed by atoms with Crippen molar-refractivity contribution < 1.29 is 4.79 Å². The molecule has 2 rings (SSSR count). The average molecular weight is 240 g/mol. The molecule has 1 unspecified atom stereocenters. The van der Waals surface area contributed by atoms with E-state index in [1.807, 2.05) is 4.90 Å².